The van der Waals surface area contributed by atoms with Crippen LogP contribution in [0.15, 0.2) is 42.7 Å². The first-order chi connectivity index (χ1) is 12.3. The summed E-state index contributed by atoms with van der Waals surface area (Å²) in [5.74, 6) is 0.697. The van der Waals surface area contributed by atoms with Crippen molar-refractivity contribution in [1.29, 1.82) is 0 Å². The quantitative estimate of drug-likeness (QED) is 0.878. The highest BCUT2D eigenvalue weighted by atomic mass is 15.2. The minimum absolute atomic E-state index is 0.510. The lowest BCUT2D eigenvalue weighted by Crippen LogP contribution is -2.44. The Bertz CT molecular complexity index is 664. The molecule has 0 bridgehead atoms. The van der Waals surface area contributed by atoms with Crippen molar-refractivity contribution < 1.29 is 0 Å². The highest BCUT2D eigenvalue weighted by Crippen LogP contribution is 2.35. The van der Waals surface area contributed by atoms with Gasteiger partial charge in [-0.3, -0.25) is 4.90 Å². The summed E-state index contributed by atoms with van der Waals surface area (Å²) in [6, 6.07) is 10.3. The third-order valence-electron chi connectivity index (χ3n) is 5.48. The van der Waals surface area contributed by atoms with Gasteiger partial charge in [0.2, 0.25) is 5.95 Å². The van der Waals surface area contributed by atoms with Crippen LogP contribution in [0.25, 0.3) is 0 Å². The summed E-state index contributed by atoms with van der Waals surface area (Å²) in [4.78, 5) is 11.5. The van der Waals surface area contributed by atoms with E-state index in [1.807, 2.05) is 30.6 Å². The summed E-state index contributed by atoms with van der Waals surface area (Å²) in [7, 11) is 0. The van der Waals surface area contributed by atoms with Gasteiger partial charge in [-0.05, 0) is 43.3 Å². The molecule has 5 nitrogen and oxygen atoms in total. The standard InChI is InChI=1S/C20H27N5/c1-2-5-17(6-3-1)11-22-19-23-12-18(13-24-19)14-25-10-4-7-20(16-25)8-9-21-15-20/h1-3,5-6,12-13,21H,4,7-11,14-16H2,(H,22,23,24)/t20-/m0/s1. The molecule has 132 valence electrons. The number of benzene rings is 1. The monoisotopic (exact) mass is 337 g/mol. The van der Waals surface area contributed by atoms with Gasteiger partial charge in [-0.15, -0.1) is 0 Å². The number of nitrogens with one attached hydrogen (secondary N) is 2. The molecule has 2 aromatic rings. The van der Waals surface area contributed by atoms with E-state index in [1.165, 1.54) is 56.6 Å². The molecule has 1 atom stereocenters. The molecule has 25 heavy (non-hydrogen) atoms. The van der Waals surface area contributed by atoms with Gasteiger partial charge >= 0.3 is 0 Å². The van der Waals surface area contributed by atoms with E-state index in [0.29, 0.717) is 11.4 Å². The predicted molar refractivity (Wildman–Crippen MR) is 100 cm³/mol. The van der Waals surface area contributed by atoms with Crippen LogP contribution in [0.3, 0.4) is 0 Å². The summed E-state index contributed by atoms with van der Waals surface area (Å²) in [5.41, 5.74) is 2.95. The Morgan fingerprint density at radius 2 is 1.92 bits per heavy atom. The molecule has 2 aliphatic heterocycles. The molecule has 2 N–H and O–H groups in total. The molecule has 0 aliphatic carbocycles. The van der Waals surface area contributed by atoms with E-state index in [0.717, 1.165) is 13.1 Å². The fourth-order valence-electron chi connectivity index (χ4n) is 4.15. The highest BCUT2D eigenvalue weighted by Gasteiger charge is 2.37. The second-order valence-corrected chi connectivity index (χ2v) is 7.50. The van der Waals surface area contributed by atoms with E-state index in [4.69, 9.17) is 0 Å². The Morgan fingerprint density at radius 1 is 1.08 bits per heavy atom. The fourth-order valence-corrected chi connectivity index (χ4v) is 4.15. The Morgan fingerprint density at radius 3 is 2.68 bits per heavy atom. The third-order valence-corrected chi connectivity index (χ3v) is 5.48. The van der Waals surface area contributed by atoms with Crippen molar-refractivity contribution in [1.82, 2.24) is 20.2 Å². The number of aromatic nitrogens is 2. The second-order valence-electron chi connectivity index (χ2n) is 7.50. The van der Waals surface area contributed by atoms with Gasteiger partial charge in [0, 0.05) is 44.1 Å². The highest BCUT2D eigenvalue weighted by molar-refractivity contribution is 5.27. The average molecular weight is 337 g/mol. The lowest BCUT2D eigenvalue weighted by molar-refractivity contribution is 0.0976. The summed E-state index contributed by atoms with van der Waals surface area (Å²) in [5, 5.41) is 6.83. The molecule has 1 aromatic heterocycles. The van der Waals surface area contributed by atoms with Gasteiger partial charge < -0.3 is 10.6 Å². The van der Waals surface area contributed by atoms with Crippen LogP contribution < -0.4 is 10.6 Å². The number of piperidine rings is 1. The number of nitrogens with zero attached hydrogens (tertiary/aromatic N) is 3. The Balaban J connectivity index is 1.31. The van der Waals surface area contributed by atoms with Crippen LogP contribution in [0, 0.1) is 5.41 Å². The van der Waals surface area contributed by atoms with Crippen molar-refractivity contribution in [2.75, 3.05) is 31.5 Å². The summed E-state index contributed by atoms with van der Waals surface area (Å²) >= 11 is 0. The lowest BCUT2D eigenvalue weighted by atomic mass is 9.79. The van der Waals surface area contributed by atoms with Gasteiger partial charge in [0.05, 0.1) is 0 Å². The summed E-state index contributed by atoms with van der Waals surface area (Å²) in [6.45, 7) is 6.47. The molecule has 0 amide bonds. The van der Waals surface area contributed by atoms with Crippen molar-refractivity contribution in [2.24, 2.45) is 5.41 Å². The van der Waals surface area contributed by atoms with Crippen molar-refractivity contribution in [3.8, 4) is 0 Å². The number of hydrogen-bond acceptors (Lipinski definition) is 5. The zero-order valence-corrected chi connectivity index (χ0v) is 14.7. The number of anilines is 1. The first kappa shape index (κ1) is 16.5. The van der Waals surface area contributed by atoms with E-state index in [9.17, 15) is 0 Å². The Hall–Kier alpha value is -1.98. The maximum absolute atomic E-state index is 4.49. The molecule has 0 unspecified atom stereocenters. The van der Waals surface area contributed by atoms with Crippen molar-refractivity contribution in [2.45, 2.75) is 32.4 Å². The minimum atomic E-state index is 0.510. The lowest BCUT2D eigenvalue weighted by Gasteiger charge is -2.40. The summed E-state index contributed by atoms with van der Waals surface area (Å²) < 4.78 is 0. The molecule has 5 heteroatoms. The van der Waals surface area contributed by atoms with Crippen molar-refractivity contribution in [3.63, 3.8) is 0 Å². The van der Waals surface area contributed by atoms with Crippen LogP contribution in [-0.4, -0.2) is 41.0 Å². The van der Waals surface area contributed by atoms with Crippen molar-refractivity contribution >= 4 is 5.95 Å². The van der Waals surface area contributed by atoms with Gasteiger partial charge in [-0.1, -0.05) is 30.3 Å². The van der Waals surface area contributed by atoms with E-state index in [1.54, 1.807) is 0 Å². The van der Waals surface area contributed by atoms with Gasteiger partial charge in [-0.25, -0.2) is 9.97 Å². The fraction of sp³-hybridized carbons (Fsp3) is 0.500. The maximum atomic E-state index is 4.49. The number of rotatable bonds is 5. The molecule has 2 saturated heterocycles. The van der Waals surface area contributed by atoms with Gasteiger partial charge in [-0.2, -0.15) is 0 Å². The average Bonchev–Trinajstić information content (AvgIpc) is 3.09. The molecular formula is C20H27N5. The number of likely N-dealkylation sites (tertiary alicyclic amines) is 1. The maximum Gasteiger partial charge on any atom is 0.222 e. The smallest absolute Gasteiger partial charge is 0.222 e. The topological polar surface area (TPSA) is 53.1 Å². The third kappa shape index (κ3) is 4.17. The van der Waals surface area contributed by atoms with E-state index < -0.39 is 0 Å². The van der Waals surface area contributed by atoms with Gasteiger partial charge in [0.15, 0.2) is 0 Å². The van der Waals surface area contributed by atoms with E-state index in [2.05, 4.69) is 37.6 Å². The van der Waals surface area contributed by atoms with E-state index in [-0.39, 0.29) is 0 Å². The Labute approximate surface area is 149 Å². The number of hydrogen-bond donors (Lipinski definition) is 2. The normalized spacial score (nSPS) is 23.8. The zero-order chi connectivity index (χ0) is 17.0. The zero-order valence-electron chi connectivity index (χ0n) is 14.7. The largest absolute Gasteiger partial charge is 0.350 e. The van der Waals surface area contributed by atoms with Gasteiger partial charge in [0.1, 0.15) is 0 Å². The first-order valence-corrected chi connectivity index (χ1v) is 9.33. The summed E-state index contributed by atoms with van der Waals surface area (Å²) in [6.07, 6.45) is 7.93. The molecule has 1 aromatic carbocycles. The van der Waals surface area contributed by atoms with Gasteiger partial charge in [0.25, 0.3) is 0 Å². The van der Waals surface area contributed by atoms with Crippen molar-refractivity contribution in [3.05, 3.63) is 53.9 Å². The van der Waals surface area contributed by atoms with Crippen LogP contribution in [0.2, 0.25) is 0 Å². The molecule has 4 rings (SSSR count). The predicted octanol–water partition coefficient (Wildman–Crippen LogP) is 2.66. The molecule has 3 heterocycles. The van der Waals surface area contributed by atoms with Crippen LogP contribution in [0.4, 0.5) is 5.95 Å². The molecule has 2 fully saturated rings. The Kier molecular flexibility index (Phi) is 4.95. The molecule has 1 spiro atoms. The molecular weight excluding hydrogens is 310 g/mol. The van der Waals surface area contributed by atoms with Crippen LogP contribution in [0.1, 0.15) is 30.4 Å². The molecule has 0 radical (unpaired) electrons. The SMILES string of the molecule is c1ccc(CNc2ncc(CN3CCC[C@@]4(CCNC4)C3)cn2)cc1. The van der Waals surface area contributed by atoms with Crippen LogP contribution in [-0.2, 0) is 13.1 Å². The van der Waals surface area contributed by atoms with Crippen LogP contribution >= 0.6 is 0 Å². The van der Waals surface area contributed by atoms with E-state index >= 15 is 0 Å². The van der Waals surface area contributed by atoms with Crippen LogP contribution in [0.5, 0.6) is 0 Å². The molecule has 2 aliphatic rings. The minimum Gasteiger partial charge on any atom is -0.350 e. The first-order valence-electron chi connectivity index (χ1n) is 9.33. The molecule has 0 saturated carbocycles. The second kappa shape index (κ2) is 7.50.